The third-order valence-electron chi connectivity index (χ3n) is 5.18. The summed E-state index contributed by atoms with van der Waals surface area (Å²) in [7, 11) is 0. The van der Waals surface area contributed by atoms with E-state index in [4.69, 9.17) is 9.47 Å². The van der Waals surface area contributed by atoms with Crippen LogP contribution in [0.1, 0.15) is 68.2 Å². The van der Waals surface area contributed by atoms with Crippen molar-refractivity contribution in [2.75, 3.05) is 13.2 Å². The lowest BCUT2D eigenvalue weighted by Crippen LogP contribution is -2.58. The van der Waals surface area contributed by atoms with Gasteiger partial charge in [-0.3, -0.25) is 14.4 Å². The van der Waals surface area contributed by atoms with Crippen LogP contribution in [0.25, 0.3) is 0 Å². The average Bonchev–Trinajstić information content (AvgIpc) is 3.45. The van der Waals surface area contributed by atoms with Crippen LogP contribution in [0.5, 0.6) is 0 Å². The fourth-order valence-corrected chi connectivity index (χ4v) is 3.37. The molecule has 1 rings (SSSR count). The van der Waals surface area contributed by atoms with Gasteiger partial charge in [0.1, 0.15) is 23.3 Å². The second kappa shape index (κ2) is 13.3. The smallest absolute Gasteiger partial charge is 0.408 e. The molecule has 4 atom stereocenters. The van der Waals surface area contributed by atoms with Gasteiger partial charge in [-0.2, -0.15) is 8.78 Å². The first-order chi connectivity index (χ1) is 16.4. The van der Waals surface area contributed by atoms with Crippen LogP contribution in [-0.4, -0.2) is 72.8 Å². The number of rotatable bonds is 14. The van der Waals surface area contributed by atoms with Gasteiger partial charge in [-0.25, -0.2) is 4.79 Å². The van der Waals surface area contributed by atoms with E-state index in [-0.39, 0.29) is 30.6 Å². The lowest BCUT2D eigenvalue weighted by molar-refractivity contribution is -0.145. The van der Waals surface area contributed by atoms with E-state index >= 15 is 0 Å². The van der Waals surface area contributed by atoms with Crippen molar-refractivity contribution in [2.45, 2.75) is 104 Å². The normalized spacial score (nSPS) is 20.0. The molecule has 1 heterocycles. The Labute approximate surface area is 211 Å². The van der Waals surface area contributed by atoms with Gasteiger partial charge in [0, 0.05) is 0 Å². The monoisotopic (exact) mass is 521 g/mol. The molecule has 1 aliphatic heterocycles. The molecule has 12 heteroatoms. The number of Topliss-reactive ketones (excluding diaryl/α,β-unsaturated/α-hetero) is 1. The fourth-order valence-electron chi connectivity index (χ4n) is 3.37. The summed E-state index contributed by atoms with van der Waals surface area (Å²) in [5.41, 5.74) is -1.84. The lowest BCUT2D eigenvalue weighted by Gasteiger charge is -2.27. The Morgan fingerprint density at radius 3 is 1.81 bits per heavy atom. The number of hydrogen-bond donors (Lipinski definition) is 3. The maximum absolute atomic E-state index is 13.2. The zero-order valence-corrected chi connectivity index (χ0v) is 22.4. The van der Waals surface area contributed by atoms with Crippen molar-refractivity contribution >= 4 is 23.7 Å². The Hall–Kier alpha value is -2.34. The van der Waals surface area contributed by atoms with Crippen LogP contribution in [-0.2, 0) is 28.6 Å². The quantitative estimate of drug-likeness (QED) is 0.299. The van der Waals surface area contributed by atoms with Crippen molar-refractivity contribution in [2.24, 2.45) is 11.8 Å². The summed E-state index contributed by atoms with van der Waals surface area (Å²) in [5, 5.41) is 7.43. The van der Waals surface area contributed by atoms with Gasteiger partial charge in [0.15, 0.2) is 5.78 Å². The highest BCUT2D eigenvalue weighted by atomic mass is 19.3. The molecule has 208 valence electrons. The summed E-state index contributed by atoms with van der Waals surface area (Å²) < 4.78 is 39.9. The summed E-state index contributed by atoms with van der Waals surface area (Å²) in [6.07, 6.45) is -0.439. The molecular formula is C24H41F2N3O7. The predicted molar refractivity (Wildman–Crippen MR) is 127 cm³/mol. The standard InChI is InChI=1S/C24H41F2N3O7/c1-13(2)9-15(18(30)24(8)12-35-24)27-19(31)16(10-14(3)4)28-20(32)17(11-34-21(25)26)29-22(33)36-23(5,6)7/h13-17,21H,9-12H2,1-8H3,(H,27,31)(H,28,32)(H,29,33)/t15-,16-,17-,24-/m0/s1. The van der Waals surface area contributed by atoms with Crippen LogP contribution in [0.3, 0.4) is 0 Å². The number of carbonyl (C=O) groups is 4. The lowest BCUT2D eigenvalue weighted by atomic mass is 9.92. The van der Waals surface area contributed by atoms with Crippen LogP contribution in [0.15, 0.2) is 0 Å². The molecule has 0 aromatic carbocycles. The van der Waals surface area contributed by atoms with Gasteiger partial charge in [0.05, 0.1) is 19.3 Å². The highest BCUT2D eigenvalue weighted by Crippen LogP contribution is 2.29. The second-order valence-electron chi connectivity index (χ2n) is 11.1. The summed E-state index contributed by atoms with van der Waals surface area (Å²) in [5.74, 6) is -1.72. The molecule has 36 heavy (non-hydrogen) atoms. The van der Waals surface area contributed by atoms with E-state index in [0.29, 0.717) is 6.42 Å². The first-order valence-electron chi connectivity index (χ1n) is 12.1. The van der Waals surface area contributed by atoms with E-state index < -0.39 is 60.5 Å². The highest BCUT2D eigenvalue weighted by Gasteiger charge is 2.50. The summed E-state index contributed by atoms with van der Waals surface area (Å²) in [6.45, 7) is 10.2. The van der Waals surface area contributed by atoms with Crippen LogP contribution in [0.4, 0.5) is 13.6 Å². The van der Waals surface area contributed by atoms with Crippen molar-refractivity contribution < 1.29 is 42.2 Å². The van der Waals surface area contributed by atoms with Crippen molar-refractivity contribution in [3.8, 4) is 0 Å². The van der Waals surface area contributed by atoms with E-state index in [9.17, 15) is 28.0 Å². The van der Waals surface area contributed by atoms with Crippen LogP contribution >= 0.6 is 0 Å². The number of carbonyl (C=O) groups excluding carboxylic acids is 4. The maximum atomic E-state index is 13.2. The number of amides is 3. The summed E-state index contributed by atoms with van der Waals surface area (Å²) >= 11 is 0. The number of epoxide rings is 1. The Morgan fingerprint density at radius 2 is 1.36 bits per heavy atom. The number of hydrogen-bond acceptors (Lipinski definition) is 7. The molecule has 1 saturated heterocycles. The Balaban J connectivity index is 3.02. The van der Waals surface area contributed by atoms with E-state index in [0.717, 1.165) is 0 Å². The van der Waals surface area contributed by atoms with Crippen molar-refractivity contribution in [3.63, 3.8) is 0 Å². The molecule has 3 amide bonds. The number of alkyl carbamates (subject to hydrolysis) is 1. The number of ketones is 1. The second-order valence-corrected chi connectivity index (χ2v) is 11.1. The van der Waals surface area contributed by atoms with E-state index in [2.05, 4.69) is 20.7 Å². The fraction of sp³-hybridized carbons (Fsp3) is 0.833. The Bertz CT molecular complexity index is 780. The van der Waals surface area contributed by atoms with Crippen LogP contribution < -0.4 is 16.0 Å². The SMILES string of the molecule is CC(C)C[C@H](NC(=O)[C@H](COC(F)F)NC(=O)OC(C)(C)C)C(=O)N[C@@H](CC(C)C)C(=O)[C@]1(C)CO1. The minimum absolute atomic E-state index is 0.0424. The van der Waals surface area contributed by atoms with E-state index in [1.54, 1.807) is 27.7 Å². The van der Waals surface area contributed by atoms with Crippen molar-refractivity contribution in [1.82, 2.24) is 16.0 Å². The largest absolute Gasteiger partial charge is 0.444 e. The van der Waals surface area contributed by atoms with E-state index in [1.807, 2.05) is 27.7 Å². The molecule has 1 fully saturated rings. The molecule has 1 aliphatic rings. The highest BCUT2D eigenvalue weighted by molar-refractivity contribution is 5.98. The van der Waals surface area contributed by atoms with Crippen molar-refractivity contribution in [3.05, 3.63) is 0 Å². The third kappa shape index (κ3) is 11.6. The minimum Gasteiger partial charge on any atom is -0.444 e. The zero-order valence-electron chi connectivity index (χ0n) is 22.4. The maximum Gasteiger partial charge on any atom is 0.408 e. The number of alkyl halides is 2. The number of halogens is 2. The van der Waals surface area contributed by atoms with Crippen molar-refractivity contribution in [1.29, 1.82) is 0 Å². The molecule has 0 radical (unpaired) electrons. The molecule has 10 nitrogen and oxygen atoms in total. The molecule has 0 aromatic rings. The first kappa shape index (κ1) is 31.7. The molecule has 0 aromatic heterocycles. The average molecular weight is 522 g/mol. The summed E-state index contributed by atoms with van der Waals surface area (Å²) in [6, 6.07) is -3.47. The van der Waals surface area contributed by atoms with Crippen LogP contribution in [0, 0.1) is 11.8 Å². The Morgan fingerprint density at radius 1 is 0.889 bits per heavy atom. The van der Waals surface area contributed by atoms with Gasteiger partial charge in [-0.1, -0.05) is 27.7 Å². The molecule has 0 spiro atoms. The molecular weight excluding hydrogens is 480 g/mol. The van der Waals surface area contributed by atoms with Gasteiger partial charge in [0.25, 0.3) is 0 Å². The minimum atomic E-state index is -3.18. The molecule has 0 bridgehead atoms. The Kier molecular flexibility index (Phi) is 11.7. The van der Waals surface area contributed by atoms with Gasteiger partial charge in [-0.05, 0) is 52.4 Å². The first-order valence-corrected chi connectivity index (χ1v) is 12.1. The number of nitrogens with one attached hydrogen (secondary N) is 3. The predicted octanol–water partition coefficient (Wildman–Crippen LogP) is 2.54. The summed E-state index contributed by atoms with van der Waals surface area (Å²) in [4.78, 5) is 51.2. The number of ether oxygens (including phenoxy) is 3. The molecule has 0 saturated carbocycles. The van der Waals surface area contributed by atoms with E-state index in [1.165, 1.54) is 0 Å². The van der Waals surface area contributed by atoms with Gasteiger partial charge in [0.2, 0.25) is 11.8 Å². The molecule has 0 aliphatic carbocycles. The zero-order chi connectivity index (χ0) is 27.8. The topological polar surface area (TPSA) is 135 Å². The van der Waals surface area contributed by atoms with Gasteiger partial charge < -0.3 is 30.2 Å². The van der Waals surface area contributed by atoms with Crippen LogP contribution in [0.2, 0.25) is 0 Å². The van der Waals surface area contributed by atoms with Gasteiger partial charge >= 0.3 is 12.7 Å². The van der Waals surface area contributed by atoms with Gasteiger partial charge in [-0.15, -0.1) is 0 Å². The molecule has 0 unspecified atom stereocenters. The third-order valence-corrected chi connectivity index (χ3v) is 5.18. The molecule has 3 N–H and O–H groups in total.